The SMILES string of the molecule is COCc1c(C2CC2)nc(C2CC2)c(/C=C/[C@@H](O)C[C@@H](O)CC(=O)O)c1-c1c(F)cccc1Cl. The van der Waals surface area contributed by atoms with Gasteiger partial charge in [0.25, 0.3) is 0 Å². The highest BCUT2D eigenvalue weighted by molar-refractivity contribution is 6.33. The van der Waals surface area contributed by atoms with E-state index in [4.69, 9.17) is 26.4 Å². The number of ether oxygens (including phenoxy) is 1. The van der Waals surface area contributed by atoms with Gasteiger partial charge in [0, 0.05) is 53.3 Å². The third-order valence-corrected chi connectivity index (χ3v) is 6.55. The summed E-state index contributed by atoms with van der Waals surface area (Å²) in [5, 5.41) is 29.5. The summed E-state index contributed by atoms with van der Waals surface area (Å²) in [6.07, 6.45) is 4.35. The van der Waals surface area contributed by atoms with Crippen LogP contribution in [0.25, 0.3) is 17.2 Å². The zero-order chi connectivity index (χ0) is 24.4. The molecule has 2 fully saturated rings. The van der Waals surface area contributed by atoms with Crippen LogP contribution in [0, 0.1) is 5.82 Å². The molecule has 4 rings (SSSR count). The third-order valence-electron chi connectivity index (χ3n) is 6.24. The van der Waals surface area contributed by atoms with Crippen LogP contribution in [0.2, 0.25) is 5.02 Å². The molecule has 2 aromatic rings. The maximum Gasteiger partial charge on any atom is 0.305 e. The molecule has 2 aliphatic rings. The third kappa shape index (κ3) is 5.66. The zero-order valence-electron chi connectivity index (χ0n) is 19.0. The summed E-state index contributed by atoms with van der Waals surface area (Å²) in [5.41, 5.74) is 4.15. The Labute approximate surface area is 203 Å². The van der Waals surface area contributed by atoms with Crippen LogP contribution in [0.1, 0.15) is 72.9 Å². The second kappa shape index (κ2) is 10.5. The van der Waals surface area contributed by atoms with E-state index in [1.807, 2.05) is 0 Å². The number of aliphatic hydroxyl groups excluding tert-OH is 2. The topological polar surface area (TPSA) is 99.9 Å². The van der Waals surface area contributed by atoms with Gasteiger partial charge in [0.05, 0.1) is 36.0 Å². The van der Waals surface area contributed by atoms with Crippen LogP contribution in [-0.4, -0.2) is 45.6 Å². The van der Waals surface area contributed by atoms with Gasteiger partial charge in [-0.1, -0.05) is 29.8 Å². The lowest BCUT2D eigenvalue weighted by atomic mass is 9.89. The van der Waals surface area contributed by atoms with E-state index in [0.29, 0.717) is 17.0 Å². The molecule has 6 nitrogen and oxygen atoms in total. The Hall–Kier alpha value is -2.32. The van der Waals surface area contributed by atoms with Gasteiger partial charge in [-0.05, 0) is 37.8 Å². The first-order chi connectivity index (χ1) is 16.3. The fourth-order valence-electron chi connectivity index (χ4n) is 4.37. The van der Waals surface area contributed by atoms with Crippen LogP contribution >= 0.6 is 11.6 Å². The molecule has 0 aliphatic heterocycles. The average molecular weight is 490 g/mol. The molecule has 0 saturated heterocycles. The average Bonchev–Trinajstić information content (AvgIpc) is 3.66. The van der Waals surface area contributed by atoms with Gasteiger partial charge in [0.2, 0.25) is 0 Å². The van der Waals surface area contributed by atoms with E-state index < -0.39 is 30.4 Å². The Kier molecular flexibility index (Phi) is 7.67. The van der Waals surface area contributed by atoms with Crippen molar-refractivity contribution in [3.8, 4) is 11.1 Å². The van der Waals surface area contributed by atoms with Crippen molar-refractivity contribution < 1.29 is 29.2 Å². The smallest absolute Gasteiger partial charge is 0.305 e. The monoisotopic (exact) mass is 489 g/mol. The number of hydrogen-bond acceptors (Lipinski definition) is 5. The number of benzene rings is 1. The molecule has 0 radical (unpaired) electrons. The molecule has 0 unspecified atom stereocenters. The largest absolute Gasteiger partial charge is 0.481 e. The first-order valence-electron chi connectivity index (χ1n) is 11.6. The molecule has 1 aromatic heterocycles. The number of aliphatic carboxylic acids is 1. The van der Waals surface area contributed by atoms with Gasteiger partial charge in [-0.2, -0.15) is 0 Å². The van der Waals surface area contributed by atoms with E-state index in [1.54, 1.807) is 25.3 Å². The molecule has 182 valence electrons. The lowest BCUT2D eigenvalue weighted by Crippen LogP contribution is -2.19. The van der Waals surface area contributed by atoms with Gasteiger partial charge in [-0.15, -0.1) is 0 Å². The molecule has 0 bridgehead atoms. The van der Waals surface area contributed by atoms with Gasteiger partial charge < -0.3 is 20.1 Å². The van der Waals surface area contributed by atoms with E-state index in [0.717, 1.165) is 42.6 Å². The van der Waals surface area contributed by atoms with Crippen molar-refractivity contribution in [2.24, 2.45) is 0 Å². The molecule has 2 aliphatic carbocycles. The first-order valence-corrected chi connectivity index (χ1v) is 11.9. The molecule has 0 amide bonds. The predicted octanol–water partition coefficient (Wildman–Crippen LogP) is 5.04. The van der Waals surface area contributed by atoms with E-state index in [-0.39, 0.29) is 29.5 Å². The number of hydrogen-bond donors (Lipinski definition) is 3. The molecule has 2 saturated carbocycles. The van der Waals surface area contributed by atoms with E-state index in [1.165, 1.54) is 12.1 Å². The van der Waals surface area contributed by atoms with Crippen molar-refractivity contribution in [2.75, 3.05) is 7.11 Å². The maximum absolute atomic E-state index is 15.2. The first kappa shape index (κ1) is 24.8. The summed E-state index contributed by atoms with van der Waals surface area (Å²) in [6.45, 7) is 0.241. The van der Waals surface area contributed by atoms with Crippen molar-refractivity contribution in [2.45, 2.75) is 69.2 Å². The standard InChI is InChI=1S/C26H29ClFNO5/c1-34-13-19-23(24-20(27)3-2-4-21(24)28)18(10-9-16(30)11-17(31)12-22(32)33)25(14-5-6-14)29-26(19)15-7-8-15/h2-4,9-10,14-17,30-31H,5-8,11-13H2,1H3,(H,32,33)/b10-9+/t16-,17-/m1/s1. The zero-order valence-corrected chi connectivity index (χ0v) is 19.8. The number of halogens is 2. The number of rotatable bonds is 11. The Morgan fingerprint density at radius 1 is 1.21 bits per heavy atom. The van der Waals surface area contributed by atoms with Crippen molar-refractivity contribution in [3.05, 3.63) is 57.6 Å². The molecule has 34 heavy (non-hydrogen) atoms. The fraction of sp³-hybridized carbons (Fsp3) is 0.462. The summed E-state index contributed by atoms with van der Waals surface area (Å²) < 4.78 is 20.7. The van der Waals surface area contributed by atoms with Gasteiger partial charge in [-0.25, -0.2) is 4.39 Å². The second-order valence-corrected chi connectivity index (χ2v) is 9.55. The Bertz CT molecular complexity index is 1080. The van der Waals surface area contributed by atoms with Crippen LogP contribution in [0.3, 0.4) is 0 Å². The summed E-state index contributed by atoms with van der Waals surface area (Å²) >= 11 is 6.52. The van der Waals surface area contributed by atoms with Gasteiger partial charge in [0.15, 0.2) is 0 Å². The van der Waals surface area contributed by atoms with Crippen LogP contribution < -0.4 is 0 Å². The maximum atomic E-state index is 15.2. The molecule has 1 heterocycles. The van der Waals surface area contributed by atoms with Crippen molar-refractivity contribution >= 4 is 23.6 Å². The fourth-order valence-corrected chi connectivity index (χ4v) is 4.63. The highest BCUT2D eigenvalue weighted by Gasteiger charge is 2.36. The number of carboxylic acid groups (broad SMARTS) is 1. The van der Waals surface area contributed by atoms with Crippen LogP contribution in [0.15, 0.2) is 24.3 Å². The number of aromatic nitrogens is 1. The Morgan fingerprint density at radius 3 is 2.47 bits per heavy atom. The Balaban J connectivity index is 1.85. The van der Waals surface area contributed by atoms with Gasteiger partial charge in [0.1, 0.15) is 5.82 Å². The Morgan fingerprint density at radius 2 is 1.88 bits per heavy atom. The van der Waals surface area contributed by atoms with E-state index >= 15 is 4.39 Å². The number of methoxy groups -OCH3 is 1. The molecule has 8 heteroatoms. The molecule has 2 atom stereocenters. The second-order valence-electron chi connectivity index (χ2n) is 9.14. The number of pyridine rings is 1. The highest BCUT2D eigenvalue weighted by atomic mass is 35.5. The van der Waals surface area contributed by atoms with Crippen molar-refractivity contribution in [1.29, 1.82) is 0 Å². The normalized spacial score (nSPS) is 17.8. The number of aliphatic hydroxyl groups is 2. The molecular weight excluding hydrogens is 461 g/mol. The van der Waals surface area contributed by atoms with Gasteiger partial charge in [-0.3, -0.25) is 9.78 Å². The van der Waals surface area contributed by atoms with E-state index in [9.17, 15) is 15.0 Å². The minimum absolute atomic E-state index is 0.129. The molecule has 1 aromatic carbocycles. The minimum Gasteiger partial charge on any atom is -0.481 e. The predicted molar refractivity (Wildman–Crippen MR) is 127 cm³/mol. The highest BCUT2D eigenvalue weighted by Crippen LogP contribution is 2.50. The molecule has 0 spiro atoms. The van der Waals surface area contributed by atoms with Crippen molar-refractivity contribution in [3.63, 3.8) is 0 Å². The summed E-state index contributed by atoms with van der Waals surface area (Å²) in [4.78, 5) is 15.9. The summed E-state index contributed by atoms with van der Waals surface area (Å²) in [5.74, 6) is -1.04. The number of nitrogens with zero attached hydrogens (tertiary/aromatic N) is 1. The van der Waals surface area contributed by atoms with E-state index in [2.05, 4.69) is 0 Å². The number of carboxylic acids is 1. The minimum atomic E-state index is -1.18. The van der Waals surface area contributed by atoms with Crippen molar-refractivity contribution in [1.82, 2.24) is 4.98 Å². The summed E-state index contributed by atoms with van der Waals surface area (Å²) in [6, 6.07) is 4.58. The van der Waals surface area contributed by atoms with Crippen LogP contribution in [-0.2, 0) is 16.1 Å². The van der Waals surface area contributed by atoms with Crippen LogP contribution in [0.4, 0.5) is 4.39 Å². The summed E-state index contributed by atoms with van der Waals surface area (Å²) in [7, 11) is 1.58. The lowest BCUT2D eigenvalue weighted by Gasteiger charge is -2.22. The van der Waals surface area contributed by atoms with Crippen LogP contribution in [0.5, 0.6) is 0 Å². The lowest BCUT2D eigenvalue weighted by molar-refractivity contribution is -0.139. The molecular formula is C26H29ClFNO5. The number of carbonyl (C=O) groups is 1. The van der Waals surface area contributed by atoms with Gasteiger partial charge >= 0.3 is 5.97 Å². The quantitative estimate of drug-likeness (QED) is 0.409. The molecule has 3 N–H and O–H groups in total.